The number of halogens is 1. The quantitative estimate of drug-likeness (QED) is 0.886. The van der Waals surface area contributed by atoms with Gasteiger partial charge in [0.2, 0.25) is 5.82 Å². The minimum atomic E-state index is -1.16. The molecule has 2 rings (SSSR count). The van der Waals surface area contributed by atoms with Crippen molar-refractivity contribution in [3.8, 4) is 0 Å². The van der Waals surface area contributed by atoms with E-state index in [1.807, 2.05) is 18.2 Å². The number of aromatic carboxylic acids is 1. The monoisotopic (exact) mass is 263 g/mol. The Labute approximate surface area is 108 Å². The summed E-state index contributed by atoms with van der Waals surface area (Å²) >= 11 is 6.01. The minimum absolute atomic E-state index is 0.237. The molecule has 0 aliphatic carbocycles. The van der Waals surface area contributed by atoms with E-state index in [0.717, 1.165) is 5.56 Å². The summed E-state index contributed by atoms with van der Waals surface area (Å²) in [6.45, 7) is 0.468. The second-order valence-corrected chi connectivity index (χ2v) is 3.92. The molecule has 0 saturated carbocycles. The Bertz CT molecular complexity index is 575. The molecule has 1 aromatic carbocycles. The molecule has 0 radical (unpaired) electrons. The summed E-state index contributed by atoms with van der Waals surface area (Å²) in [4.78, 5) is 18.2. The molecule has 0 unspecified atom stereocenters. The first-order chi connectivity index (χ1) is 8.66. The van der Waals surface area contributed by atoms with Crippen LogP contribution in [0.2, 0.25) is 5.02 Å². The topological polar surface area (TPSA) is 75.1 Å². The zero-order chi connectivity index (χ0) is 13.0. The Balaban J connectivity index is 2.09. The molecular weight excluding hydrogens is 254 g/mol. The summed E-state index contributed by atoms with van der Waals surface area (Å²) in [5.74, 6) is -0.946. The molecule has 0 atom stereocenters. The van der Waals surface area contributed by atoms with Gasteiger partial charge in [-0.1, -0.05) is 29.8 Å². The van der Waals surface area contributed by atoms with Gasteiger partial charge in [-0.25, -0.2) is 14.8 Å². The Kier molecular flexibility index (Phi) is 3.74. The van der Waals surface area contributed by atoms with Gasteiger partial charge in [0.15, 0.2) is 0 Å². The van der Waals surface area contributed by atoms with Crippen molar-refractivity contribution in [3.05, 3.63) is 52.9 Å². The Morgan fingerprint density at radius 3 is 2.83 bits per heavy atom. The second kappa shape index (κ2) is 5.46. The normalized spacial score (nSPS) is 10.1. The predicted molar refractivity (Wildman–Crippen MR) is 67.8 cm³/mol. The fraction of sp³-hybridized carbons (Fsp3) is 0.0833. The number of hydrogen-bond donors (Lipinski definition) is 2. The summed E-state index contributed by atoms with van der Waals surface area (Å²) in [6.07, 6.45) is 1.39. The number of rotatable bonds is 4. The number of carbonyl (C=O) groups is 1. The standard InChI is InChI=1S/C12H10ClN3O2/c13-9-4-2-1-3-8(9)7-15-10-5-6-14-11(16-10)12(17)18/h1-6H,7H2,(H,17,18)(H,14,15,16). The lowest BCUT2D eigenvalue weighted by Crippen LogP contribution is -2.08. The maximum atomic E-state index is 10.7. The van der Waals surface area contributed by atoms with Crippen molar-refractivity contribution in [2.75, 3.05) is 5.32 Å². The van der Waals surface area contributed by atoms with E-state index in [2.05, 4.69) is 15.3 Å². The Morgan fingerprint density at radius 1 is 1.33 bits per heavy atom. The summed E-state index contributed by atoms with van der Waals surface area (Å²) in [6, 6.07) is 9.00. The fourth-order valence-corrected chi connectivity index (χ4v) is 1.59. The van der Waals surface area contributed by atoms with Crippen molar-refractivity contribution >= 4 is 23.4 Å². The van der Waals surface area contributed by atoms with E-state index in [1.54, 1.807) is 12.1 Å². The van der Waals surface area contributed by atoms with Gasteiger partial charge >= 0.3 is 5.97 Å². The van der Waals surface area contributed by atoms with Crippen LogP contribution < -0.4 is 5.32 Å². The van der Waals surface area contributed by atoms with Gasteiger partial charge in [-0.2, -0.15) is 0 Å². The number of nitrogens with zero attached hydrogens (tertiary/aromatic N) is 2. The molecule has 2 aromatic rings. The van der Waals surface area contributed by atoms with Crippen molar-refractivity contribution in [1.82, 2.24) is 9.97 Å². The van der Waals surface area contributed by atoms with E-state index >= 15 is 0 Å². The van der Waals surface area contributed by atoms with E-state index in [0.29, 0.717) is 17.4 Å². The van der Waals surface area contributed by atoms with Gasteiger partial charge in [0.25, 0.3) is 0 Å². The second-order valence-electron chi connectivity index (χ2n) is 3.52. The molecule has 2 N–H and O–H groups in total. The Morgan fingerprint density at radius 2 is 2.11 bits per heavy atom. The maximum Gasteiger partial charge on any atom is 0.374 e. The SMILES string of the molecule is O=C(O)c1nccc(NCc2ccccc2Cl)n1. The highest BCUT2D eigenvalue weighted by Crippen LogP contribution is 2.16. The van der Waals surface area contributed by atoms with Crippen molar-refractivity contribution in [2.24, 2.45) is 0 Å². The summed E-state index contributed by atoms with van der Waals surface area (Å²) < 4.78 is 0. The van der Waals surface area contributed by atoms with Crippen LogP contribution in [0.15, 0.2) is 36.5 Å². The number of hydrogen-bond acceptors (Lipinski definition) is 4. The average molecular weight is 264 g/mol. The van der Waals surface area contributed by atoms with Gasteiger partial charge in [-0.3, -0.25) is 0 Å². The average Bonchev–Trinajstić information content (AvgIpc) is 2.38. The van der Waals surface area contributed by atoms with Crippen molar-refractivity contribution in [2.45, 2.75) is 6.54 Å². The van der Waals surface area contributed by atoms with Gasteiger partial charge in [0, 0.05) is 17.8 Å². The van der Waals surface area contributed by atoms with Gasteiger partial charge in [-0.05, 0) is 17.7 Å². The molecule has 5 nitrogen and oxygen atoms in total. The zero-order valence-electron chi connectivity index (χ0n) is 9.30. The fourth-order valence-electron chi connectivity index (χ4n) is 1.39. The maximum absolute atomic E-state index is 10.7. The summed E-state index contributed by atoms with van der Waals surface area (Å²) in [5, 5.41) is 12.4. The predicted octanol–water partition coefficient (Wildman–Crippen LogP) is 2.44. The third kappa shape index (κ3) is 2.95. The summed E-state index contributed by atoms with van der Waals surface area (Å²) in [5.41, 5.74) is 0.912. The van der Waals surface area contributed by atoms with Crippen LogP contribution in [0.1, 0.15) is 16.2 Å². The molecule has 0 bridgehead atoms. The van der Waals surface area contributed by atoms with E-state index in [-0.39, 0.29) is 5.82 Å². The van der Waals surface area contributed by atoms with Gasteiger partial charge in [0.05, 0.1) is 0 Å². The lowest BCUT2D eigenvalue weighted by atomic mass is 10.2. The van der Waals surface area contributed by atoms with Crippen molar-refractivity contribution in [1.29, 1.82) is 0 Å². The minimum Gasteiger partial charge on any atom is -0.475 e. The zero-order valence-corrected chi connectivity index (χ0v) is 10.1. The first kappa shape index (κ1) is 12.3. The highest BCUT2D eigenvalue weighted by atomic mass is 35.5. The highest BCUT2D eigenvalue weighted by molar-refractivity contribution is 6.31. The third-order valence-electron chi connectivity index (χ3n) is 2.26. The first-order valence-corrected chi connectivity index (χ1v) is 5.58. The largest absolute Gasteiger partial charge is 0.475 e. The third-order valence-corrected chi connectivity index (χ3v) is 2.63. The highest BCUT2D eigenvalue weighted by Gasteiger charge is 2.07. The van der Waals surface area contributed by atoms with Gasteiger partial charge in [-0.15, -0.1) is 0 Å². The number of carboxylic acid groups (broad SMARTS) is 1. The molecule has 0 spiro atoms. The van der Waals surface area contributed by atoms with E-state index in [4.69, 9.17) is 16.7 Å². The number of carboxylic acids is 1. The first-order valence-electron chi connectivity index (χ1n) is 5.20. The Hall–Kier alpha value is -2.14. The van der Waals surface area contributed by atoms with Gasteiger partial charge < -0.3 is 10.4 Å². The smallest absolute Gasteiger partial charge is 0.374 e. The van der Waals surface area contributed by atoms with Crippen molar-refractivity contribution in [3.63, 3.8) is 0 Å². The number of anilines is 1. The molecule has 18 heavy (non-hydrogen) atoms. The van der Waals surface area contributed by atoms with Crippen LogP contribution in [0, 0.1) is 0 Å². The van der Waals surface area contributed by atoms with Crippen LogP contribution in [0.25, 0.3) is 0 Å². The molecule has 0 amide bonds. The lowest BCUT2D eigenvalue weighted by molar-refractivity contribution is 0.0683. The lowest BCUT2D eigenvalue weighted by Gasteiger charge is -2.07. The molecule has 92 valence electrons. The molecule has 0 aliphatic rings. The molecule has 0 fully saturated rings. The summed E-state index contributed by atoms with van der Waals surface area (Å²) in [7, 11) is 0. The van der Waals surface area contributed by atoms with Gasteiger partial charge in [0.1, 0.15) is 5.82 Å². The molecule has 6 heteroatoms. The van der Waals surface area contributed by atoms with E-state index in [9.17, 15) is 4.79 Å². The molecule has 0 saturated heterocycles. The van der Waals surface area contributed by atoms with Crippen LogP contribution in [0.5, 0.6) is 0 Å². The molecule has 1 aromatic heterocycles. The van der Waals surface area contributed by atoms with Crippen molar-refractivity contribution < 1.29 is 9.90 Å². The van der Waals surface area contributed by atoms with Crippen LogP contribution >= 0.6 is 11.6 Å². The van der Waals surface area contributed by atoms with Crippen LogP contribution in [-0.2, 0) is 6.54 Å². The van der Waals surface area contributed by atoms with Crippen LogP contribution in [0.4, 0.5) is 5.82 Å². The molecule has 0 aliphatic heterocycles. The van der Waals surface area contributed by atoms with Crippen LogP contribution in [-0.4, -0.2) is 21.0 Å². The number of aromatic nitrogens is 2. The van der Waals surface area contributed by atoms with Crippen LogP contribution in [0.3, 0.4) is 0 Å². The number of benzene rings is 1. The van der Waals surface area contributed by atoms with E-state index < -0.39 is 5.97 Å². The molecule has 1 heterocycles. The number of nitrogens with one attached hydrogen (secondary N) is 1. The van der Waals surface area contributed by atoms with E-state index in [1.165, 1.54) is 6.20 Å². The molecular formula is C12H10ClN3O2.